The number of nitrogen functional groups attached to an aromatic ring is 1. The number of rotatable bonds is 4. The van der Waals surface area contributed by atoms with Gasteiger partial charge in [-0.15, -0.1) is 0 Å². The van der Waals surface area contributed by atoms with E-state index < -0.39 is 0 Å². The van der Waals surface area contributed by atoms with Gasteiger partial charge in [0.15, 0.2) is 11.6 Å². The second-order valence-electron chi connectivity index (χ2n) is 6.07. The second-order valence-corrected chi connectivity index (χ2v) is 6.48. The van der Waals surface area contributed by atoms with Crippen LogP contribution in [0.2, 0.25) is 5.02 Å². The second kappa shape index (κ2) is 6.37. The molecule has 0 unspecified atom stereocenters. The minimum atomic E-state index is -0.116. The van der Waals surface area contributed by atoms with Crippen LogP contribution in [0.15, 0.2) is 24.5 Å². The average Bonchev–Trinajstić information content (AvgIpc) is 2.43. The first-order valence-electron chi connectivity index (χ1n) is 6.93. The Hall–Kier alpha value is -2.05. The van der Waals surface area contributed by atoms with Gasteiger partial charge in [-0.05, 0) is 45.4 Å². The van der Waals surface area contributed by atoms with E-state index in [1.807, 2.05) is 45.9 Å². The van der Waals surface area contributed by atoms with Crippen LogP contribution in [0.1, 0.15) is 26.3 Å². The van der Waals surface area contributed by atoms with Crippen LogP contribution >= 0.6 is 11.6 Å². The largest absolute Gasteiger partial charge is 0.393 e. The van der Waals surface area contributed by atoms with Gasteiger partial charge in [-0.1, -0.05) is 17.7 Å². The Labute approximate surface area is 135 Å². The number of nitrogens with one attached hydrogen (secondary N) is 3. The van der Waals surface area contributed by atoms with E-state index >= 15 is 0 Å². The highest BCUT2D eigenvalue weighted by Crippen LogP contribution is 2.27. The van der Waals surface area contributed by atoms with Crippen molar-refractivity contribution < 1.29 is 0 Å². The molecule has 6 nitrogen and oxygen atoms in total. The van der Waals surface area contributed by atoms with E-state index in [0.29, 0.717) is 22.3 Å². The molecule has 5 N–H and O–H groups in total. The summed E-state index contributed by atoms with van der Waals surface area (Å²) < 4.78 is 0. The molecule has 118 valence electrons. The SMILES string of the molecule is Cc1ccc(Nc2ncnc(NNC(C)(C)C)c2N)cc1Cl. The normalized spacial score (nSPS) is 11.3. The molecule has 0 aliphatic carbocycles. The van der Waals surface area contributed by atoms with Gasteiger partial charge in [0.1, 0.15) is 12.0 Å². The van der Waals surface area contributed by atoms with Gasteiger partial charge in [0.25, 0.3) is 0 Å². The number of hydrazine groups is 1. The maximum absolute atomic E-state index is 6.12. The van der Waals surface area contributed by atoms with Gasteiger partial charge in [-0.3, -0.25) is 0 Å². The number of benzene rings is 1. The Bertz CT molecular complexity index is 666. The highest BCUT2D eigenvalue weighted by molar-refractivity contribution is 6.31. The quantitative estimate of drug-likeness (QED) is 0.645. The van der Waals surface area contributed by atoms with E-state index in [2.05, 4.69) is 26.1 Å². The van der Waals surface area contributed by atoms with Crippen LogP contribution < -0.4 is 21.9 Å². The van der Waals surface area contributed by atoms with Crippen molar-refractivity contribution in [2.24, 2.45) is 0 Å². The van der Waals surface area contributed by atoms with Crippen molar-refractivity contribution in [3.8, 4) is 0 Å². The molecule has 0 bridgehead atoms. The fourth-order valence-corrected chi connectivity index (χ4v) is 1.83. The topological polar surface area (TPSA) is 87.9 Å². The molecule has 0 fully saturated rings. The van der Waals surface area contributed by atoms with Crippen molar-refractivity contribution >= 4 is 34.6 Å². The summed E-state index contributed by atoms with van der Waals surface area (Å²) in [5.41, 5.74) is 14.4. The summed E-state index contributed by atoms with van der Waals surface area (Å²) in [4.78, 5) is 8.31. The molecule has 2 rings (SSSR count). The summed E-state index contributed by atoms with van der Waals surface area (Å²) in [5.74, 6) is 1.04. The lowest BCUT2D eigenvalue weighted by Gasteiger charge is -2.22. The average molecular weight is 321 g/mol. The van der Waals surface area contributed by atoms with Gasteiger partial charge in [0.2, 0.25) is 0 Å². The summed E-state index contributed by atoms with van der Waals surface area (Å²) in [6, 6.07) is 5.69. The molecule has 1 aromatic carbocycles. The minimum absolute atomic E-state index is 0.116. The number of anilines is 4. The van der Waals surface area contributed by atoms with Gasteiger partial charge in [-0.2, -0.15) is 0 Å². The zero-order valence-electron chi connectivity index (χ0n) is 13.2. The molecular weight excluding hydrogens is 300 g/mol. The summed E-state index contributed by atoms with van der Waals surface area (Å²) in [6.45, 7) is 8.05. The van der Waals surface area contributed by atoms with Gasteiger partial charge in [-0.25, -0.2) is 15.4 Å². The standard InChI is InChI=1S/C15H21ClN6/c1-9-5-6-10(7-11(9)16)20-13-12(17)14(19-8-18-13)21-22-15(2,3)4/h5-8,22H,17H2,1-4H3,(H2,18,19,20,21). The van der Waals surface area contributed by atoms with Crippen LogP contribution in [-0.4, -0.2) is 15.5 Å². The Morgan fingerprint density at radius 1 is 1.14 bits per heavy atom. The lowest BCUT2D eigenvalue weighted by molar-refractivity contribution is 0.464. The summed E-state index contributed by atoms with van der Waals surface area (Å²) in [6.07, 6.45) is 1.45. The third kappa shape index (κ3) is 4.22. The maximum Gasteiger partial charge on any atom is 0.169 e. The van der Waals surface area contributed by atoms with E-state index in [1.54, 1.807) is 0 Å². The van der Waals surface area contributed by atoms with E-state index in [4.69, 9.17) is 17.3 Å². The highest BCUT2D eigenvalue weighted by Gasteiger charge is 2.12. The van der Waals surface area contributed by atoms with Gasteiger partial charge in [0, 0.05) is 16.2 Å². The van der Waals surface area contributed by atoms with Crippen LogP contribution in [0.3, 0.4) is 0 Å². The van der Waals surface area contributed by atoms with E-state index in [1.165, 1.54) is 6.33 Å². The molecule has 2 aromatic rings. The number of hydrogen-bond acceptors (Lipinski definition) is 6. The van der Waals surface area contributed by atoms with Crippen LogP contribution in [0.4, 0.5) is 23.0 Å². The van der Waals surface area contributed by atoms with E-state index in [0.717, 1.165) is 11.3 Å². The molecule has 0 saturated carbocycles. The van der Waals surface area contributed by atoms with Crippen LogP contribution in [0.5, 0.6) is 0 Å². The van der Waals surface area contributed by atoms with Crippen molar-refractivity contribution in [2.45, 2.75) is 33.2 Å². The maximum atomic E-state index is 6.12. The first kappa shape index (κ1) is 16.3. The fourth-order valence-electron chi connectivity index (χ4n) is 1.65. The number of aryl methyl sites for hydroxylation is 1. The number of hydrogen-bond donors (Lipinski definition) is 4. The molecule has 0 radical (unpaired) electrons. The predicted molar refractivity (Wildman–Crippen MR) is 92.4 cm³/mol. The minimum Gasteiger partial charge on any atom is -0.393 e. The molecule has 0 atom stereocenters. The van der Waals surface area contributed by atoms with Crippen LogP contribution in [0.25, 0.3) is 0 Å². The molecule has 0 aliphatic rings. The smallest absolute Gasteiger partial charge is 0.169 e. The Morgan fingerprint density at radius 3 is 2.45 bits per heavy atom. The molecule has 0 saturated heterocycles. The molecule has 0 aliphatic heterocycles. The Kier molecular flexibility index (Phi) is 4.73. The predicted octanol–water partition coefficient (Wildman–Crippen LogP) is 3.48. The first-order chi connectivity index (χ1) is 10.3. The Balaban J connectivity index is 2.19. The van der Waals surface area contributed by atoms with Crippen LogP contribution in [0, 0.1) is 6.92 Å². The Morgan fingerprint density at radius 2 is 1.82 bits per heavy atom. The zero-order chi connectivity index (χ0) is 16.3. The van der Waals surface area contributed by atoms with Crippen molar-refractivity contribution in [2.75, 3.05) is 16.5 Å². The third-order valence-corrected chi connectivity index (χ3v) is 3.28. The highest BCUT2D eigenvalue weighted by atomic mass is 35.5. The summed E-state index contributed by atoms with van der Waals surface area (Å²) in [7, 11) is 0. The van der Waals surface area contributed by atoms with Crippen molar-refractivity contribution in [3.05, 3.63) is 35.1 Å². The van der Waals surface area contributed by atoms with Gasteiger partial charge < -0.3 is 16.5 Å². The number of halogens is 1. The van der Waals surface area contributed by atoms with E-state index in [-0.39, 0.29) is 5.54 Å². The molecular formula is C15H21ClN6. The molecule has 1 aromatic heterocycles. The first-order valence-corrected chi connectivity index (χ1v) is 7.31. The van der Waals surface area contributed by atoms with Crippen LogP contribution in [-0.2, 0) is 0 Å². The number of aromatic nitrogens is 2. The van der Waals surface area contributed by atoms with Crippen molar-refractivity contribution in [1.29, 1.82) is 0 Å². The van der Waals surface area contributed by atoms with Gasteiger partial charge >= 0.3 is 0 Å². The lowest BCUT2D eigenvalue weighted by atomic mass is 10.1. The number of nitrogens with zero attached hydrogens (tertiary/aromatic N) is 2. The molecule has 0 spiro atoms. The summed E-state index contributed by atoms with van der Waals surface area (Å²) in [5, 5.41) is 3.83. The fraction of sp³-hybridized carbons (Fsp3) is 0.333. The van der Waals surface area contributed by atoms with Crippen molar-refractivity contribution in [1.82, 2.24) is 15.4 Å². The summed E-state index contributed by atoms with van der Waals surface area (Å²) >= 11 is 6.12. The van der Waals surface area contributed by atoms with E-state index in [9.17, 15) is 0 Å². The zero-order valence-corrected chi connectivity index (χ0v) is 13.9. The van der Waals surface area contributed by atoms with Crippen molar-refractivity contribution in [3.63, 3.8) is 0 Å². The third-order valence-electron chi connectivity index (χ3n) is 2.87. The number of nitrogens with two attached hydrogens (primary N) is 1. The lowest BCUT2D eigenvalue weighted by Crippen LogP contribution is -2.40. The molecule has 7 heteroatoms. The molecule has 0 amide bonds. The molecule has 22 heavy (non-hydrogen) atoms. The molecule has 1 heterocycles. The monoisotopic (exact) mass is 320 g/mol. The van der Waals surface area contributed by atoms with Gasteiger partial charge in [0.05, 0.1) is 0 Å².